The largest absolute Gasteiger partial charge is 0.493 e. The van der Waals surface area contributed by atoms with Crippen LogP contribution in [-0.2, 0) is 12.8 Å². The van der Waals surface area contributed by atoms with E-state index >= 15 is 0 Å². The Kier molecular flexibility index (Phi) is 4.58. The monoisotopic (exact) mass is 274 g/mol. The lowest BCUT2D eigenvalue weighted by atomic mass is 10.0. The molecule has 0 bridgehead atoms. The SMILES string of the molecule is CN(CCc1ccc2c(c1)CCO2)CC1CCCCN1. The van der Waals surface area contributed by atoms with Crippen LogP contribution in [0.25, 0.3) is 0 Å². The number of piperidine rings is 1. The van der Waals surface area contributed by atoms with Crippen molar-refractivity contribution < 1.29 is 4.74 Å². The van der Waals surface area contributed by atoms with Gasteiger partial charge in [-0.1, -0.05) is 18.6 Å². The number of nitrogens with zero attached hydrogens (tertiary/aromatic N) is 1. The fourth-order valence-electron chi connectivity index (χ4n) is 3.26. The molecule has 1 N–H and O–H groups in total. The predicted molar refractivity (Wildman–Crippen MR) is 82.5 cm³/mol. The van der Waals surface area contributed by atoms with Crippen LogP contribution in [0.5, 0.6) is 5.75 Å². The molecule has 0 amide bonds. The van der Waals surface area contributed by atoms with Crippen LogP contribution in [0.1, 0.15) is 30.4 Å². The molecule has 2 aliphatic rings. The first-order valence-corrected chi connectivity index (χ1v) is 7.98. The summed E-state index contributed by atoms with van der Waals surface area (Å²) in [5.74, 6) is 1.09. The third kappa shape index (κ3) is 3.53. The van der Waals surface area contributed by atoms with E-state index in [1.807, 2.05) is 0 Å². The molecule has 1 unspecified atom stereocenters. The molecule has 2 aliphatic heterocycles. The molecule has 20 heavy (non-hydrogen) atoms. The summed E-state index contributed by atoms with van der Waals surface area (Å²) >= 11 is 0. The number of fused-ring (bicyclic) bond motifs is 1. The van der Waals surface area contributed by atoms with E-state index in [2.05, 4.69) is 35.5 Å². The van der Waals surface area contributed by atoms with Crippen molar-refractivity contribution in [2.75, 3.05) is 33.3 Å². The number of rotatable bonds is 5. The van der Waals surface area contributed by atoms with Crippen molar-refractivity contribution in [3.63, 3.8) is 0 Å². The molecular formula is C17H26N2O. The number of nitrogens with one attached hydrogen (secondary N) is 1. The van der Waals surface area contributed by atoms with Gasteiger partial charge < -0.3 is 15.0 Å². The fraction of sp³-hybridized carbons (Fsp3) is 0.647. The van der Waals surface area contributed by atoms with Gasteiger partial charge >= 0.3 is 0 Å². The Bertz CT molecular complexity index is 441. The summed E-state index contributed by atoms with van der Waals surface area (Å²) < 4.78 is 5.56. The van der Waals surface area contributed by atoms with Gasteiger partial charge in [-0.15, -0.1) is 0 Å². The normalized spacial score (nSPS) is 21.8. The fourth-order valence-corrected chi connectivity index (χ4v) is 3.26. The zero-order chi connectivity index (χ0) is 13.8. The summed E-state index contributed by atoms with van der Waals surface area (Å²) in [4.78, 5) is 2.46. The first-order chi connectivity index (χ1) is 9.81. The molecule has 3 heteroatoms. The highest BCUT2D eigenvalue weighted by Gasteiger charge is 2.15. The molecule has 1 aromatic carbocycles. The first kappa shape index (κ1) is 13.9. The van der Waals surface area contributed by atoms with E-state index in [0.717, 1.165) is 31.7 Å². The molecule has 0 aliphatic carbocycles. The number of ether oxygens (including phenoxy) is 1. The molecule has 3 nitrogen and oxygen atoms in total. The van der Waals surface area contributed by atoms with Crippen molar-refractivity contribution in [3.05, 3.63) is 29.3 Å². The van der Waals surface area contributed by atoms with Crippen molar-refractivity contribution in [1.82, 2.24) is 10.2 Å². The van der Waals surface area contributed by atoms with Crippen molar-refractivity contribution >= 4 is 0 Å². The summed E-state index contributed by atoms with van der Waals surface area (Å²) in [6, 6.07) is 7.38. The zero-order valence-corrected chi connectivity index (χ0v) is 12.5. The molecule has 1 aromatic rings. The van der Waals surface area contributed by atoms with Crippen LogP contribution in [0.15, 0.2) is 18.2 Å². The molecule has 0 saturated carbocycles. The summed E-state index contributed by atoms with van der Waals surface area (Å²) in [5.41, 5.74) is 2.83. The van der Waals surface area contributed by atoms with E-state index in [1.54, 1.807) is 0 Å². The van der Waals surface area contributed by atoms with Crippen LogP contribution in [0.3, 0.4) is 0 Å². The maximum Gasteiger partial charge on any atom is 0.122 e. The molecule has 3 rings (SSSR count). The number of hydrogen-bond acceptors (Lipinski definition) is 3. The van der Waals surface area contributed by atoms with Gasteiger partial charge in [0.05, 0.1) is 6.61 Å². The Hall–Kier alpha value is -1.06. The van der Waals surface area contributed by atoms with Crippen molar-refractivity contribution in [2.45, 2.75) is 38.1 Å². The number of benzene rings is 1. The van der Waals surface area contributed by atoms with Gasteiger partial charge in [-0.05, 0) is 50.0 Å². The van der Waals surface area contributed by atoms with E-state index in [1.165, 1.54) is 43.5 Å². The smallest absolute Gasteiger partial charge is 0.122 e. The second kappa shape index (κ2) is 6.59. The second-order valence-corrected chi connectivity index (χ2v) is 6.20. The van der Waals surface area contributed by atoms with Gasteiger partial charge in [0.15, 0.2) is 0 Å². The first-order valence-electron chi connectivity index (χ1n) is 7.98. The average Bonchev–Trinajstić information content (AvgIpc) is 2.93. The molecule has 1 atom stereocenters. The van der Waals surface area contributed by atoms with Crippen LogP contribution >= 0.6 is 0 Å². The highest BCUT2D eigenvalue weighted by Crippen LogP contribution is 2.26. The Morgan fingerprint density at radius 3 is 3.15 bits per heavy atom. The van der Waals surface area contributed by atoms with Crippen molar-refractivity contribution in [2.24, 2.45) is 0 Å². The highest BCUT2D eigenvalue weighted by molar-refractivity contribution is 5.39. The van der Waals surface area contributed by atoms with E-state index in [4.69, 9.17) is 4.74 Å². The lowest BCUT2D eigenvalue weighted by Crippen LogP contribution is -2.42. The Balaban J connectivity index is 1.46. The average molecular weight is 274 g/mol. The van der Waals surface area contributed by atoms with Crippen LogP contribution < -0.4 is 10.1 Å². The zero-order valence-electron chi connectivity index (χ0n) is 12.5. The maximum absolute atomic E-state index is 5.56. The maximum atomic E-state index is 5.56. The Morgan fingerprint density at radius 2 is 2.30 bits per heavy atom. The molecular weight excluding hydrogens is 248 g/mol. The van der Waals surface area contributed by atoms with Gasteiger partial charge in [0.2, 0.25) is 0 Å². The quantitative estimate of drug-likeness (QED) is 0.891. The van der Waals surface area contributed by atoms with E-state index in [9.17, 15) is 0 Å². The molecule has 110 valence electrons. The Labute approximate surface area is 122 Å². The summed E-state index contributed by atoms with van der Waals surface area (Å²) in [6.07, 6.45) is 6.27. The van der Waals surface area contributed by atoms with E-state index in [0.29, 0.717) is 6.04 Å². The van der Waals surface area contributed by atoms with Crippen molar-refractivity contribution in [1.29, 1.82) is 0 Å². The Morgan fingerprint density at radius 1 is 1.35 bits per heavy atom. The molecule has 1 fully saturated rings. The predicted octanol–water partition coefficient (Wildman–Crippen LogP) is 2.24. The standard InChI is InChI=1S/C17H26N2O/c1-19(13-16-4-2-3-9-18-16)10-7-14-5-6-17-15(12-14)8-11-20-17/h5-6,12,16,18H,2-4,7-11,13H2,1H3. The van der Waals surface area contributed by atoms with Gasteiger partial charge in [-0.25, -0.2) is 0 Å². The minimum absolute atomic E-state index is 0.696. The van der Waals surface area contributed by atoms with Crippen LogP contribution in [0.2, 0.25) is 0 Å². The molecule has 0 spiro atoms. The molecule has 2 heterocycles. The lowest BCUT2D eigenvalue weighted by molar-refractivity contribution is 0.264. The third-order valence-corrected chi connectivity index (χ3v) is 4.48. The number of likely N-dealkylation sites (N-methyl/N-ethyl adjacent to an activating group) is 1. The topological polar surface area (TPSA) is 24.5 Å². The molecule has 0 radical (unpaired) electrons. The van der Waals surface area contributed by atoms with Crippen LogP contribution in [0.4, 0.5) is 0 Å². The third-order valence-electron chi connectivity index (χ3n) is 4.48. The highest BCUT2D eigenvalue weighted by atomic mass is 16.5. The van der Waals surface area contributed by atoms with Gasteiger partial charge in [0, 0.05) is 25.6 Å². The number of hydrogen-bond donors (Lipinski definition) is 1. The van der Waals surface area contributed by atoms with Crippen molar-refractivity contribution in [3.8, 4) is 5.75 Å². The van der Waals surface area contributed by atoms with Gasteiger partial charge in [-0.2, -0.15) is 0 Å². The summed E-state index contributed by atoms with van der Waals surface area (Å²) in [7, 11) is 2.24. The van der Waals surface area contributed by atoms with E-state index < -0.39 is 0 Å². The van der Waals surface area contributed by atoms with Gasteiger partial charge in [-0.3, -0.25) is 0 Å². The minimum Gasteiger partial charge on any atom is -0.493 e. The van der Waals surface area contributed by atoms with Crippen LogP contribution in [-0.4, -0.2) is 44.2 Å². The van der Waals surface area contributed by atoms with Crippen LogP contribution in [0, 0.1) is 0 Å². The molecule has 0 aromatic heterocycles. The summed E-state index contributed by atoms with van der Waals surface area (Å²) in [6.45, 7) is 4.36. The molecule has 1 saturated heterocycles. The van der Waals surface area contributed by atoms with Gasteiger partial charge in [0.1, 0.15) is 5.75 Å². The lowest BCUT2D eigenvalue weighted by Gasteiger charge is -2.28. The summed E-state index contributed by atoms with van der Waals surface area (Å²) in [5, 5.41) is 3.62. The van der Waals surface area contributed by atoms with E-state index in [-0.39, 0.29) is 0 Å². The second-order valence-electron chi connectivity index (χ2n) is 6.20. The van der Waals surface area contributed by atoms with Gasteiger partial charge in [0.25, 0.3) is 0 Å². The minimum atomic E-state index is 0.696.